The van der Waals surface area contributed by atoms with Crippen LogP contribution in [0.25, 0.3) is 11.0 Å². The van der Waals surface area contributed by atoms with Crippen LogP contribution in [0, 0.1) is 11.7 Å². The number of nitrogens with one attached hydrogen (secondary N) is 1. The lowest BCUT2D eigenvalue weighted by molar-refractivity contribution is -0.122. The fraction of sp³-hybridized carbons (Fsp3) is 0.652. The van der Waals surface area contributed by atoms with Crippen molar-refractivity contribution in [3.8, 4) is 0 Å². The lowest BCUT2D eigenvalue weighted by Crippen LogP contribution is -2.46. The Labute approximate surface area is 190 Å². The van der Waals surface area contributed by atoms with Gasteiger partial charge in [0.2, 0.25) is 5.91 Å². The Morgan fingerprint density at radius 3 is 2.44 bits per heavy atom. The molecule has 0 radical (unpaired) electrons. The summed E-state index contributed by atoms with van der Waals surface area (Å²) >= 11 is 1.85. The van der Waals surface area contributed by atoms with Crippen LogP contribution in [0.3, 0.4) is 0 Å². The van der Waals surface area contributed by atoms with Crippen molar-refractivity contribution in [2.75, 3.05) is 11.5 Å². The maximum atomic E-state index is 14.0. The lowest BCUT2D eigenvalue weighted by atomic mass is 9.90. The van der Waals surface area contributed by atoms with Gasteiger partial charge in [0.25, 0.3) is 5.56 Å². The van der Waals surface area contributed by atoms with Gasteiger partial charge in [0.1, 0.15) is 11.5 Å². The molecule has 2 aromatic rings. The quantitative estimate of drug-likeness (QED) is 0.736. The Morgan fingerprint density at radius 1 is 1.12 bits per heavy atom. The predicted octanol–water partition coefficient (Wildman–Crippen LogP) is 3.41. The lowest BCUT2D eigenvalue weighted by Gasteiger charge is -2.31. The van der Waals surface area contributed by atoms with Gasteiger partial charge in [0.05, 0.1) is 11.6 Å². The van der Waals surface area contributed by atoms with Gasteiger partial charge in [-0.2, -0.15) is 11.8 Å². The van der Waals surface area contributed by atoms with E-state index in [9.17, 15) is 18.8 Å². The van der Waals surface area contributed by atoms with Crippen molar-refractivity contribution in [3.63, 3.8) is 0 Å². The zero-order chi connectivity index (χ0) is 22.8. The summed E-state index contributed by atoms with van der Waals surface area (Å²) < 4.78 is 16.9. The van der Waals surface area contributed by atoms with Crippen LogP contribution in [0.4, 0.5) is 4.39 Å². The monoisotopic (exact) mass is 462 g/mol. The summed E-state index contributed by atoms with van der Waals surface area (Å²) in [4.78, 5) is 43.1. The molecular weight excluding hydrogens is 431 g/mol. The number of hydrogen-bond donors (Lipinski definition) is 1. The van der Waals surface area contributed by atoms with E-state index in [1.54, 1.807) is 4.57 Å². The van der Waals surface area contributed by atoms with Crippen LogP contribution >= 0.6 is 11.8 Å². The van der Waals surface area contributed by atoms with E-state index in [1.165, 1.54) is 10.6 Å². The number of rotatable bonds is 5. The number of hydrogen-bond acceptors (Lipinski definition) is 5. The molecule has 1 amide bonds. The molecule has 7 nitrogen and oxygen atoms in total. The van der Waals surface area contributed by atoms with Crippen molar-refractivity contribution in [3.05, 3.63) is 38.9 Å². The second-order valence-electron chi connectivity index (χ2n) is 9.37. The molecule has 0 unspecified atom stereocenters. The van der Waals surface area contributed by atoms with Crippen LogP contribution < -0.4 is 16.6 Å². The van der Waals surface area contributed by atoms with Crippen molar-refractivity contribution >= 4 is 28.7 Å². The number of aromatic nitrogens is 3. The van der Waals surface area contributed by atoms with E-state index >= 15 is 0 Å². The summed E-state index contributed by atoms with van der Waals surface area (Å²) in [5.74, 6) is 1.65. The molecule has 0 bridgehead atoms. The highest BCUT2D eigenvalue weighted by atomic mass is 32.2. The third kappa shape index (κ3) is 4.77. The third-order valence-electron chi connectivity index (χ3n) is 6.50. The van der Waals surface area contributed by atoms with Gasteiger partial charge >= 0.3 is 5.69 Å². The first-order valence-corrected chi connectivity index (χ1v) is 12.7. The zero-order valence-corrected chi connectivity index (χ0v) is 19.5. The summed E-state index contributed by atoms with van der Waals surface area (Å²) in [5.41, 5.74) is -0.527. The molecule has 2 fully saturated rings. The molecule has 32 heavy (non-hydrogen) atoms. The fourth-order valence-corrected chi connectivity index (χ4v) is 6.02. The Kier molecular flexibility index (Phi) is 7.02. The van der Waals surface area contributed by atoms with E-state index in [1.807, 2.05) is 25.6 Å². The van der Waals surface area contributed by atoms with Crippen molar-refractivity contribution in [2.24, 2.45) is 5.92 Å². The van der Waals surface area contributed by atoms with Crippen molar-refractivity contribution in [2.45, 2.75) is 76.9 Å². The Bertz CT molecular complexity index is 1100. The number of carbonyl (C=O) groups is 1. The number of nitrogens with zero attached hydrogens (tertiary/aromatic N) is 3. The highest BCUT2D eigenvalue weighted by Crippen LogP contribution is 2.30. The first-order valence-electron chi connectivity index (χ1n) is 11.5. The van der Waals surface area contributed by atoms with Gasteiger partial charge < -0.3 is 5.32 Å². The Balaban J connectivity index is 1.65. The van der Waals surface area contributed by atoms with Crippen LogP contribution in [0.5, 0.6) is 0 Å². The summed E-state index contributed by atoms with van der Waals surface area (Å²) in [6, 6.07) is 0.963. The minimum atomic E-state index is -0.581. The van der Waals surface area contributed by atoms with Crippen molar-refractivity contribution in [1.82, 2.24) is 19.4 Å². The molecule has 0 spiro atoms. The molecule has 174 valence electrons. The molecule has 1 aliphatic carbocycles. The minimum absolute atomic E-state index is 0.0391. The Hall–Kier alpha value is -2.16. The normalized spacial score (nSPS) is 22.4. The van der Waals surface area contributed by atoms with E-state index in [-0.39, 0.29) is 40.8 Å². The fourth-order valence-electron chi connectivity index (χ4n) is 4.93. The summed E-state index contributed by atoms with van der Waals surface area (Å²) in [5, 5.41) is 3.24. The number of thioether (sulfide) groups is 1. The molecule has 0 atom stereocenters. The SMILES string of the molecule is CC(C)CC(=O)NC1CCC(n2c(=O)c3cc(F)cnc3n(C3CCSCC3)c2=O)CC1. The number of pyridine rings is 1. The molecule has 2 aromatic heterocycles. The van der Waals surface area contributed by atoms with Crippen LogP contribution in [0.15, 0.2) is 21.9 Å². The van der Waals surface area contributed by atoms with Gasteiger partial charge in [-0.1, -0.05) is 13.8 Å². The third-order valence-corrected chi connectivity index (χ3v) is 7.55. The maximum absolute atomic E-state index is 14.0. The highest BCUT2D eigenvalue weighted by molar-refractivity contribution is 7.99. The zero-order valence-electron chi connectivity index (χ0n) is 18.7. The van der Waals surface area contributed by atoms with E-state index in [0.717, 1.165) is 30.5 Å². The number of carbonyl (C=O) groups excluding carboxylic acids is 1. The Morgan fingerprint density at radius 2 is 1.78 bits per heavy atom. The molecule has 1 aliphatic heterocycles. The predicted molar refractivity (Wildman–Crippen MR) is 125 cm³/mol. The standard InChI is InChI=1S/C23H31FN4O3S/c1-14(2)11-20(29)26-16-3-5-17(6-4-16)28-22(30)19-12-15(24)13-25-21(19)27(23(28)31)18-7-9-32-10-8-18/h12-14,16-18H,3-11H2,1-2H3,(H,26,29). The molecule has 2 aliphatic rings. The maximum Gasteiger partial charge on any atom is 0.333 e. The average Bonchev–Trinajstić information content (AvgIpc) is 2.76. The van der Waals surface area contributed by atoms with Crippen LogP contribution in [0.2, 0.25) is 0 Å². The van der Waals surface area contributed by atoms with Gasteiger partial charge in [0, 0.05) is 24.5 Å². The van der Waals surface area contributed by atoms with Gasteiger partial charge in [-0.15, -0.1) is 0 Å². The largest absolute Gasteiger partial charge is 0.353 e. The van der Waals surface area contributed by atoms with Gasteiger partial charge in [-0.05, 0) is 62.0 Å². The van der Waals surface area contributed by atoms with Gasteiger partial charge in [-0.25, -0.2) is 14.2 Å². The second-order valence-corrected chi connectivity index (χ2v) is 10.6. The number of fused-ring (bicyclic) bond motifs is 1. The number of amides is 1. The summed E-state index contributed by atoms with van der Waals surface area (Å²) in [7, 11) is 0. The van der Waals surface area contributed by atoms with Crippen molar-refractivity contribution in [1.29, 1.82) is 0 Å². The van der Waals surface area contributed by atoms with Crippen molar-refractivity contribution < 1.29 is 9.18 Å². The molecule has 9 heteroatoms. The molecule has 1 N–H and O–H groups in total. The minimum Gasteiger partial charge on any atom is -0.353 e. The average molecular weight is 463 g/mol. The van der Waals surface area contributed by atoms with E-state index in [0.29, 0.717) is 38.0 Å². The van der Waals surface area contributed by atoms with Gasteiger partial charge in [-0.3, -0.25) is 18.7 Å². The molecule has 1 saturated heterocycles. The molecule has 1 saturated carbocycles. The van der Waals surface area contributed by atoms with E-state index in [2.05, 4.69) is 10.3 Å². The van der Waals surface area contributed by atoms with Crippen LogP contribution in [-0.4, -0.2) is 37.6 Å². The first-order chi connectivity index (χ1) is 15.3. The molecule has 4 rings (SSSR count). The smallest absolute Gasteiger partial charge is 0.333 e. The van der Waals surface area contributed by atoms with Crippen LogP contribution in [-0.2, 0) is 4.79 Å². The molecular formula is C23H31FN4O3S. The van der Waals surface area contributed by atoms with Crippen LogP contribution in [0.1, 0.15) is 70.9 Å². The van der Waals surface area contributed by atoms with Gasteiger partial charge in [0.15, 0.2) is 0 Å². The van der Waals surface area contributed by atoms with E-state index in [4.69, 9.17) is 0 Å². The summed E-state index contributed by atoms with van der Waals surface area (Å²) in [6.45, 7) is 4.02. The first kappa shape index (κ1) is 23.0. The highest BCUT2D eigenvalue weighted by Gasteiger charge is 2.29. The molecule has 3 heterocycles. The second kappa shape index (κ2) is 9.77. The number of halogens is 1. The summed E-state index contributed by atoms with van der Waals surface area (Å²) in [6.07, 6.45) is 5.88. The topological polar surface area (TPSA) is 86.0 Å². The molecule has 0 aromatic carbocycles. The van der Waals surface area contributed by atoms with E-state index < -0.39 is 11.4 Å².